The highest BCUT2D eigenvalue weighted by molar-refractivity contribution is 7.11. The molecule has 1 aromatic carbocycles. The zero-order valence-corrected chi connectivity index (χ0v) is 10.8. The van der Waals surface area contributed by atoms with Crippen molar-refractivity contribution in [3.05, 3.63) is 52.0 Å². The number of benzene rings is 1. The van der Waals surface area contributed by atoms with Crippen molar-refractivity contribution >= 4 is 11.3 Å². The summed E-state index contributed by atoms with van der Waals surface area (Å²) in [4.78, 5) is 5.85. The monoisotopic (exact) mass is 231 g/mol. The van der Waals surface area contributed by atoms with E-state index in [0.29, 0.717) is 0 Å². The topological polar surface area (TPSA) is 12.9 Å². The standard InChI is InChI=1S/C14H17NS/c1-14(2,3)13-15-10-12(16-13)9-11-7-5-4-6-8-11/h4-8,10H,9H2,1-3H3. The van der Waals surface area contributed by atoms with Crippen LogP contribution in [0.3, 0.4) is 0 Å². The third-order valence-corrected chi connectivity index (χ3v) is 3.84. The van der Waals surface area contributed by atoms with Gasteiger partial charge < -0.3 is 0 Å². The molecular formula is C14H17NS. The van der Waals surface area contributed by atoms with Crippen molar-refractivity contribution in [1.29, 1.82) is 0 Å². The maximum Gasteiger partial charge on any atom is 0.0981 e. The summed E-state index contributed by atoms with van der Waals surface area (Å²) >= 11 is 1.82. The molecule has 0 N–H and O–H groups in total. The molecule has 0 spiro atoms. The lowest BCUT2D eigenvalue weighted by Gasteiger charge is -2.13. The summed E-state index contributed by atoms with van der Waals surface area (Å²) in [6, 6.07) is 10.5. The molecule has 0 radical (unpaired) electrons. The van der Waals surface area contributed by atoms with E-state index in [1.165, 1.54) is 15.4 Å². The van der Waals surface area contributed by atoms with Gasteiger partial charge in [0.1, 0.15) is 0 Å². The van der Waals surface area contributed by atoms with Crippen LogP contribution in [0.2, 0.25) is 0 Å². The van der Waals surface area contributed by atoms with Crippen LogP contribution in [0.25, 0.3) is 0 Å². The fourth-order valence-corrected chi connectivity index (χ4v) is 2.54. The summed E-state index contributed by atoms with van der Waals surface area (Å²) in [5.74, 6) is 0. The van der Waals surface area contributed by atoms with E-state index in [0.717, 1.165) is 6.42 Å². The first-order chi connectivity index (χ1) is 7.55. The molecule has 0 saturated carbocycles. The molecule has 0 amide bonds. The van der Waals surface area contributed by atoms with Crippen LogP contribution in [0.4, 0.5) is 0 Å². The van der Waals surface area contributed by atoms with E-state index < -0.39 is 0 Å². The Morgan fingerprint density at radius 2 is 1.81 bits per heavy atom. The van der Waals surface area contributed by atoms with Gasteiger partial charge in [-0.2, -0.15) is 0 Å². The Kier molecular flexibility index (Phi) is 3.10. The van der Waals surface area contributed by atoms with Crippen molar-refractivity contribution in [3.8, 4) is 0 Å². The lowest BCUT2D eigenvalue weighted by molar-refractivity contribution is 0.585. The summed E-state index contributed by atoms with van der Waals surface area (Å²) in [5, 5.41) is 1.22. The number of aromatic nitrogens is 1. The minimum Gasteiger partial charge on any atom is -0.249 e. The quantitative estimate of drug-likeness (QED) is 0.760. The third kappa shape index (κ3) is 2.70. The molecule has 0 atom stereocenters. The highest BCUT2D eigenvalue weighted by atomic mass is 32.1. The van der Waals surface area contributed by atoms with Crippen LogP contribution in [0, 0.1) is 0 Å². The Bertz CT molecular complexity index is 451. The van der Waals surface area contributed by atoms with Crippen LogP contribution in [0.1, 0.15) is 36.2 Å². The normalized spacial score (nSPS) is 11.7. The van der Waals surface area contributed by atoms with Crippen LogP contribution in [0.15, 0.2) is 36.5 Å². The van der Waals surface area contributed by atoms with Gasteiger partial charge in [0.15, 0.2) is 0 Å². The van der Waals surface area contributed by atoms with Crippen molar-refractivity contribution in [2.24, 2.45) is 0 Å². The van der Waals surface area contributed by atoms with E-state index in [9.17, 15) is 0 Å². The van der Waals surface area contributed by atoms with Crippen LogP contribution in [-0.4, -0.2) is 4.98 Å². The van der Waals surface area contributed by atoms with Gasteiger partial charge in [-0.15, -0.1) is 11.3 Å². The summed E-state index contributed by atoms with van der Waals surface area (Å²) in [5.41, 5.74) is 1.52. The first kappa shape index (κ1) is 11.3. The lowest BCUT2D eigenvalue weighted by atomic mass is 9.98. The molecule has 16 heavy (non-hydrogen) atoms. The molecule has 2 aromatic rings. The second kappa shape index (κ2) is 4.38. The number of thiazole rings is 1. The molecule has 84 valence electrons. The van der Waals surface area contributed by atoms with Gasteiger partial charge in [-0.1, -0.05) is 51.1 Å². The number of rotatable bonds is 2. The first-order valence-electron chi connectivity index (χ1n) is 5.55. The zero-order chi connectivity index (χ0) is 11.6. The smallest absolute Gasteiger partial charge is 0.0981 e. The second-order valence-electron chi connectivity index (χ2n) is 5.04. The predicted octanol–water partition coefficient (Wildman–Crippen LogP) is 4.03. The van der Waals surface area contributed by atoms with Gasteiger partial charge >= 0.3 is 0 Å². The van der Waals surface area contributed by atoms with Crippen molar-refractivity contribution in [3.63, 3.8) is 0 Å². The lowest BCUT2D eigenvalue weighted by Crippen LogP contribution is -2.09. The van der Waals surface area contributed by atoms with Crippen molar-refractivity contribution in [2.75, 3.05) is 0 Å². The number of nitrogens with zero attached hydrogens (tertiary/aromatic N) is 1. The molecule has 0 fully saturated rings. The molecule has 0 bridgehead atoms. The van der Waals surface area contributed by atoms with Crippen molar-refractivity contribution in [2.45, 2.75) is 32.6 Å². The Morgan fingerprint density at radius 1 is 1.12 bits per heavy atom. The van der Waals surface area contributed by atoms with Crippen LogP contribution in [-0.2, 0) is 11.8 Å². The van der Waals surface area contributed by atoms with Gasteiger partial charge in [0, 0.05) is 22.9 Å². The highest BCUT2D eigenvalue weighted by Crippen LogP contribution is 2.27. The first-order valence-corrected chi connectivity index (χ1v) is 6.36. The van der Waals surface area contributed by atoms with Crippen LogP contribution in [0.5, 0.6) is 0 Å². The zero-order valence-electron chi connectivity index (χ0n) is 10.0. The maximum absolute atomic E-state index is 4.50. The fourth-order valence-electron chi connectivity index (χ4n) is 1.53. The van der Waals surface area contributed by atoms with Gasteiger partial charge in [-0.3, -0.25) is 0 Å². The van der Waals surface area contributed by atoms with E-state index in [4.69, 9.17) is 0 Å². The molecule has 0 aliphatic heterocycles. The average molecular weight is 231 g/mol. The molecule has 0 saturated heterocycles. The molecular weight excluding hydrogens is 214 g/mol. The molecule has 0 aliphatic carbocycles. The van der Waals surface area contributed by atoms with Gasteiger partial charge in [0.2, 0.25) is 0 Å². The Balaban J connectivity index is 2.15. The summed E-state index contributed by atoms with van der Waals surface area (Å²) in [7, 11) is 0. The largest absolute Gasteiger partial charge is 0.249 e. The molecule has 1 nitrogen and oxygen atoms in total. The van der Waals surface area contributed by atoms with Gasteiger partial charge in [-0.25, -0.2) is 4.98 Å². The summed E-state index contributed by atoms with van der Waals surface area (Å²) in [6.07, 6.45) is 3.01. The Hall–Kier alpha value is -1.15. The van der Waals surface area contributed by atoms with Crippen LogP contribution >= 0.6 is 11.3 Å². The molecule has 0 aliphatic rings. The third-order valence-electron chi connectivity index (χ3n) is 2.42. The molecule has 1 heterocycles. The molecule has 2 rings (SSSR count). The van der Waals surface area contributed by atoms with E-state index in [-0.39, 0.29) is 5.41 Å². The molecule has 0 unspecified atom stereocenters. The molecule has 2 heteroatoms. The van der Waals surface area contributed by atoms with Crippen molar-refractivity contribution < 1.29 is 0 Å². The predicted molar refractivity (Wildman–Crippen MR) is 70.1 cm³/mol. The number of hydrogen-bond donors (Lipinski definition) is 0. The van der Waals surface area contributed by atoms with Gasteiger partial charge in [0.25, 0.3) is 0 Å². The highest BCUT2D eigenvalue weighted by Gasteiger charge is 2.17. The minimum absolute atomic E-state index is 0.166. The summed E-state index contributed by atoms with van der Waals surface area (Å²) < 4.78 is 0. The van der Waals surface area contributed by atoms with E-state index in [1.54, 1.807) is 0 Å². The SMILES string of the molecule is CC(C)(C)c1ncc(Cc2ccccc2)s1. The average Bonchev–Trinajstić information content (AvgIpc) is 2.67. The Morgan fingerprint density at radius 3 is 2.38 bits per heavy atom. The van der Waals surface area contributed by atoms with E-state index in [1.807, 2.05) is 17.5 Å². The van der Waals surface area contributed by atoms with Crippen molar-refractivity contribution in [1.82, 2.24) is 4.98 Å². The van der Waals surface area contributed by atoms with Gasteiger partial charge in [-0.05, 0) is 5.56 Å². The fraction of sp³-hybridized carbons (Fsp3) is 0.357. The molecule has 1 aromatic heterocycles. The number of hydrogen-bond acceptors (Lipinski definition) is 2. The maximum atomic E-state index is 4.50. The van der Waals surface area contributed by atoms with Gasteiger partial charge in [0.05, 0.1) is 5.01 Å². The Labute approximate surface area is 101 Å². The van der Waals surface area contributed by atoms with E-state index in [2.05, 4.69) is 56.1 Å². The minimum atomic E-state index is 0.166. The summed E-state index contributed by atoms with van der Waals surface area (Å²) in [6.45, 7) is 6.62. The van der Waals surface area contributed by atoms with E-state index >= 15 is 0 Å². The van der Waals surface area contributed by atoms with Crippen LogP contribution < -0.4 is 0 Å². The second-order valence-corrected chi connectivity index (χ2v) is 6.16.